The summed E-state index contributed by atoms with van der Waals surface area (Å²) in [5.41, 5.74) is 0. The zero-order valence-electron chi connectivity index (χ0n) is 12.0. The number of halogens is 1. The molecule has 6 heteroatoms. The lowest BCUT2D eigenvalue weighted by atomic mass is 10.3. The predicted octanol–water partition coefficient (Wildman–Crippen LogP) is 3.43. The summed E-state index contributed by atoms with van der Waals surface area (Å²) in [6.45, 7) is 4.48. The van der Waals surface area contributed by atoms with Gasteiger partial charge < -0.3 is 15.4 Å². The fourth-order valence-corrected chi connectivity index (χ4v) is 2.59. The van der Waals surface area contributed by atoms with Crippen molar-refractivity contribution in [1.29, 1.82) is 0 Å². The number of aromatic nitrogens is 2. The molecule has 0 bridgehead atoms. The van der Waals surface area contributed by atoms with E-state index in [9.17, 15) is 0 Å². The average molecular weight is 343 g/mol. The number of ether oxygens (including phenoxy) is 1. The maximum absolute atomic E-state index is 5.82. The third-order valence-electron chi connectivity index (χ3n) is 3.33. The molecule has 20 heavy (non-hydrogen) atoms. The fourth-order valence-electron chi connectivity index (χ4n) is 2.26. The van der Waals surface area contributed by atoms with Gasteiger partial charge in [0.05, 0.1) is 17.2 Å². The van der Waals surface area contributed by atoms with E-state index >= 15 is 0 Å². The zero-order chi connectivity index (χ0) is 14.2. The third-order valence-corrected chi connectivity index (χ3v) is 3.91. The molecule has 0 atom stereocenters. The van der Waals surface area contributed by atoms with Gasteiger partial charge in [-0.15, -0.1) is 0 Å². The Kier molecular flexibility index (Phi) is 6.53. The summed E-state index contributed by atoms with van der Waals surface area (Å²) in [6.07, 6.45) is 8.32. The smallest absolute Gasteiger partial charge is 0.224 e. The summed E-state index contributed by atoms with van der Waals surface area (Å²) in [6, 6.07) is 0. The van der Waals surface area contributed by atoms with Crippen LogP contribution in [0.2, 0.25) is 0 Å². The highest BCUT2D eigenvalue weighted by atomic mass is 79.9. The first kappa shape index (κ1) is 15.5. The number of rotatable bonds is 8. The molecule has 0 amide bonds. The van der Waals surface area contributed by atoms with Crippen molar-refractivity contribution in [2.24, 2.45) is 0 Å². The second-order valence-corrected chi connectivity index (χ2v) is 5.88. The van der Waals surface area contributed by atoms with E-state index in [1.54, 1.807) is 6.20 Å². The van der Waals surface area contributed by atoms with E-state index in [4.69, 9.17) is 4.74 Å². The van der Waals surface area contributed by atoms with Gasteiger partial charge in [-0.3, -0.25) is 0 Å². The Morgan fingerprint density at radius 1 is 1.30 bits per heavy atom. The van der Waals surface area contributed by atoms with Crippen LogP contribution in [-0.4, -0.2) is 35.8 Å². The molecule has 2 rings (SSSR count). The number of hydrogen-bond donors (Lipinski definition) is 2. The summed E-state index contributed by atoms with van der Waals surface area (Å²) in [5.74, 6) is 1.47. The molecule has 1 heterocycles. The number of anilines is 2. The molecule has 0 aromatic carbocycles. The molecule has 1 aliphatic rings. The molecule has 0 radical (unpaired) electrons. The Labute approximate surface area is 129 Å². The van der Waals surface area contributed by atoms with Crippen LogP contribution in [0, 0.1) is 0 Å². The van der Waals surface area contributed by atoms with Crippen molar-refractivity contribution in [3.8, 4) is 0 Å². The van der Waals surface area contributed by atoms with Crippen LogP contribution in [0.15, 0.2) is 10.7 Å². The van der Waals surface area contributed by atoms with Gasteiger partial charge in [-0.1, -0.05) is 19.8 Å². The molecule has 112 valence electrons. The fraction of sp³-hybridized carbons (Fsp3) is 0.714. The van der Waals surface area contributed by atoms with Gasteiger partial charge in [-0.05, 0) is 35.2 Å². The van der Waals surface area contributed by atoms with E-state index in [1.807, 2.05) is 0 Å². The molecular formula is C14H23BrN4O. The van der Waals surface area contributed by atoms with Crippen molar-refractivity contribution < 1.29 is 4.74 Å². The Morgan fingerprint density at radius 3 is 2.85 bits per heavy atom. The monoisotopic (exact) mass is 342 g/mol. The van der Waals surface area contributed by atoms with Gasteiger partial charge in [0.2, 0.25) is 5.95 Å². The van der Waals surface area contributed by atoms with Crippen molar-refractivity contribution in [2.45, 2.75) is 45.1 Å². The lowest BCUT2D eigenvalue weighted by molar-refractivity contribution is 0.0658. The minimum absolute atomic E-state index is 0.465. The van der Waals surface area contributed by atoms with Crippen molar-refractivity contribution >= 4 is 27.7 Å². The van der Waals surface area contributed by atoms with Gasteiger partial charge in [-0.2, -0.15) is 4.98 Å². The molecule has 1 aromatic rings. The summed E-state index contributed by atoms with van der Waals surface area (Å²) < 4.78 is 6.70. The number of hydrogen-bond acceptors (Lipinski definition) is 5. The van der Waals surface area contributed by atoms with Crippen LogP contribution >= 0.6 is 15.9 Å². The van der Waals surface area contributed by atoms with E-state index in [0.717, 1.165) is 36.4 Å². The molecule has 1 fully saturated rings. The Morgan fingerprint density at radius 2 is 2.10 bits per heavy atom. The lowest BCUT2D eigenvalue weighted by Gasteiger charge is -2.13. The van der Waals surface area contributed by atoms with Crippen LogP contribution in [0.25, 0.3) is 0 Å². The maximum atomic E-state index is 5.82. The molecular weight excluding hydrogens is 320 g/mol. The second kappa shape index (κ2) is 8.42. The SMILES string of the molecule is CCCNc1ncc(Br)c(NCCOC2CCCC2)n1. The minimum Gasteiger partial charge on any atom is -0.376 e. The first-order valence-corrected chi connectivity index (χ1v) is 8.20. The topological polar surface area (TPSA) is 59.1 Å². The molecule has 0 aliphatic heterocycles. The highest BCUT2D eigenvalue weighted by Crippen LogP contribution is 2.21. The van der Waals surface area contributed by atoms with Crippen molar-refractivity contribution in [1.82, 2.24) is 9.97 Å². The molecule has 1 aromatic heterocycles. The Bertz CT molecular complexity index is 410. The van der Waals surface area contributed by atoms with Crippen LogP contribution < -0.4 is 10.6 Å². The van der Waals surface area contributed by atoms with Gasteiger partial charge in [0.25, 0.3) is 0 Å². The number of nitrogens with zero attached hydrogens (tertiary/aromatic N) is 2. The standard InChI is InChI=1S/C14H23BrN4O/c1-2-7-17-14-18-10-12(15)13(19-14)16-8-9-20-11-5-3-4-6-11/h10-11H,2-9H2,1H3,(H2,16,17,18,19). The highest BCUT2D eigenvalue weighted by Gasteiger charge is 2.14. The predicted molar refractivity (Wildman–Crippen MR) is 85.2 cm³/mol. The first-order chi connectivity index (χ1) is 9.79. The van der Waals surface area contributed by atoms with Crippen molar-refractivity contribution in [3.05, 3.63) is 10.7 Å². The zero-order valence-corrected chi connectivity index (χ0v) is 13.6. The molecule has 5 nitrogen and oxygen atoms in total. The van der Waals surface area contributed by atoms with Crippen molar-refractivity contribution in [2.75, 3.05) is 30.3 Å². The highest BCUT2D eigenvalue weighted by molar-refractivity contribution is 9.10. The van der Waals surface area contributed by atoms with Crippen molar-refractivity contribution in [3.63, 3.8) is 0 Å². The minimum atomic E-state index is 0.465. The molecule has 1 aliphatic carbocycles. The van der Waals surface area contributed by atoms with E-state index in [1.165, 1.54) is 25.7 Å². The third kappa shape index (κ3) is 4.90. The molecule has 0 spiro atoms. The summed E-state index contributed by atoms with van der Waals surface area (Å²) in [5, 5.41) is 6.47. The summed E-state index contributed by atoms with van der Waals surface area (Å²) >= 11 is 3.46. The summed E-state index contributed by atoms with van der Waals surface area (Å²) in [4.78, 5) is 8.67. The van der Waals surface area contributed by atoms with E-state index in [0.29, 0.717) is 12.1 Å². The van der Waals surface area contributed by atoms with E-state index in [-0.39, 0.29) is 0 Å². The first-order valence-electron chi connectivity index (χ1n) is 7.41. The quantitative estimate of drug-likeness (QED) is 0.708. The molecule has 0 saturated heterocycles. The average Bonchev–Trinajstić information content (AvgIpc) is 2.97. The van der Waals surface area contributed by atoms with E-state index in [2.05, 4.69) is 43.5 Å². The second-order valence-electron chi connectivity index (χ2n) is 5.02. The van der Waals surface area contributed by atoms with E-state index < -0.39 is 0 Å². The lowest BCUT2D eigenvalue weighted by Crippen LogP contribution is -2.16. The largest absolute Gasteiger partial charge is 0.376 e. The van der Waals surface area contributed by atoms with Crippen LogP contribution in [0.1, 0.15) is 39.0 Å². The van der Waals surface area contributed by atoms with Gasteiger partial charge in [0, 0.05) is 19.3 Å². The van der Waals surface area contributed by atoms with Gasteiger partial charge in [0.15, 0.2) is 0 Å². The van der Waals surface area contributed by atoms with Gasteiger partial charge >= 0.3 is 0 Å². The van der Waals surface area contributed by atoms with Crippen LogP contribution in [0.5, 0.6) is 0 Å². The normalized spacial score (nSPS) is 15.5. The Hall–Kier alpha value is -0.880. The van der Waals surface area contributed by atoms with Crippen LogP contribution in [0.4, 0.5) is 11.8 Å². The van der Waals surface area contributed by atoms with Gasteiger partial charge in [-0.25, -0.2) is 4.98 Å². The number of nitrogens with one attached hydrogen (secondary N) is 2. The molecule has 0 unspecified atom stereocenters. The van der Waals surface area contributed by atoms with Gasteiger partial charge in [0.1, 0.15) is 5.82 Å². The van der Waals surface area contributed by atoms with Crippen LogP contribution in [-0.2, 0) is 4.74 Å². The Balaban J connectivity index is 1.75. The molecule has 1 saturated carbocycles. The molecule has 2 N–H and O–H groups in total. The maximum Gasteiger partial charge on any atom is 0.224 e. The summed E-state index contributed by atoms with van der Waals surface area (Å²) in [7, 11) is 0. The van der Waals surface area contributed by atoms with Crippen LogP contribution in [0.3, 0.4) is 0 Å².